The highest BCUT2D eigenvalue weighted by atomic mass is 35.5. The Morgan fingerprint density at radius 3 is 2.53 bits per heavy atom. The van der Waals surface area contributed by atoms with E-state index in [1.807, 2.05) is 23.7 Å². The number of rotatable bonds is 7. The first kappa shape index (κ1) is 23.1. The van der Waals surface area contributed by atoms with Crippen molar-refractivity contribution in [1.29, 1.82) is 0 Å². The average Bonchev–Trinajstić information content (AvgIpc) is 3.44. The van der Waals surface area contributed by atoms with Crippen LogP contribution in [0.5, 0.6) is 5.75 Å². The molecule has 2 heterocycles. The molecule has 3 N–H and O–H groups in total. The minimum atomic E-state index is -0.960. The van der Waals surface area contributed by atoms with Crippen LogP contribution < -0.4 is 10.6 Å². The van der Waals surface area contributed by atoms with Crippen LogP contribution in [0.25, 0.3) is 11.3 Å². The lowest BCUT2D eigenvalue weighted by molar-refractivity contribution is -0.118. The fourth-order valence-corrected chi connectivity index (χ4v) is 3.76. The quantitative estimate of drug-likeness (QED) is 0.377. The standard InChI is InChI=1S/C24H23ClN6O3/c1-30-14-26-13-22(30)15-3-5-17(6-4-15)28-23(33)20(12-16-11-18(32)7-8-19(16)25)29-24(34)21-9-10-27-31(21)2/h3-11,13-14,20,32H,12H2,1-2H3,(H,28,33)(H,29,34)/t20-/m0/s1. The molecule has 0 aliphatic heterocycles. The Morgan fingerprint density at radius 1 is 1.12 bits per heavy atom. The number of nitrogens with one attached hydrogen (secondary N) is 2. The van der Waals surface area contributed by atoms with Gasteiger partial charge in [0.15, 0.2) is 0 Å². The summed E-state index contributed by atoms with van der Waals surface area (Å²) < 4.78 is 3.32. The number of benzene rings is 2. The molecular formula is C24H23ClN6O3. The molecule has 2 aromatic carbocycles. The van der Waals surface area contributed by atoms with Crippen LogP contribution in [0.1, 0.15) is 16.1 Å². The highest BCUT2D eigenvalue weighted by Crippen LogP contribution is 2.24. The first-order valence-corrected chi connectivity index (χ1v) is 10.8. The van der Waals surface area contributed by atoms with Crippen molar-refractivity contribution in [3.8, 4) is 17.0 Å². The van der Waals surface area contributed by atoms with Crippen LogP contribution in [0, 0.1) is 0 Å². The third-order valence-corrected chi connectivity index (χ3v) is 5.76. The molecule has 0 aliphatic rings. The summed E-state index contributed by atoms with van der Waals surface area (Å²) in [5.74, 6) is -0.867. The number of aryl methyl sites for hydroxylation is 2. The monoisotopic (exact) mass is 478 g/mol. The van der Waals surface area contributed by atoms with E-state index in [2.05, 4.69) is 20.7 Å². The fraction of sp³-hybridized carbons (Fsp3) is 0.167. The lowest BCUT2D eigenvalue weighted by Gasteiger charge is -2.19. The van der Waals surface area contributed by atoms with Gasteiger partial charge in [-0.25, -0.2) is 4.98 Å². The van der Waals surface area contributed by atoms with Gasteiger partial charge < -0.3 is 20.3 Å². The fourth-order valence-electron chi connectivity index (χ4n) is 3.56. The molecule has 174 valence electrons. The Kier molecular flexibility index (Phi) is 6.65. The molecule has 0 saturated carbocycles. The number of nitrogens with zero attached hydrogens (tertiary/aromatic N) is 4. The van der Waals surface area contributed by atoms with Crippen molar-refractivity contribution in [2.24, 2.45) is 14.1 Å². The van der Waals surface area contributed by atoms with Crippen LogP contribution in [-0.4, -0.2) is 42.3 Å². The molecule has 2 amide bonds. The molecule has 10 heteroatoms. The molecule has 1 atom stereocenters. The van der Waals surface area contributed by atoms with Gasteiger partial charge in [0.25, 0.3) is 5.91 Å². The van der Waals surface area contributed by atoms with E-state index in [1.165, 1.54) is 23.0 Å². The molecule has 0 spiro atoms. The van der Waals surface area contributed by atoms with Gasteiger partial charge in [0.05, 0.1) is 18.2 Å². The van der Waals surface area contributed by atoms with Crippen LogP contribution in [0.2, 0.25) is 5.02 Å². The molecule has 34 heavy (non-hydrogen) atoms. The zero-order chi connectivity index (χ0) is 24.2. The summed E-state index contributed by atoms with van der Waals surface area (Å²) in [6.45, 7) is 0. The van der Waals surface area contributed by atoms with E-state index in [-0.39, 0.29) is 12.2 Å². The normalized spacial score (nSPS) is 11.7. The number of carbonyl (C=O) groups excluding carboxylic acids is 2. The number of carbonyl (C=O) groups is 2. The van der Waals surface area contributed by atoms with Crippen molar-refractivity contribution in [2.45, 2.75) is 12.5 Å². The van der Waals surface area contributed by atoms with E-state index in [0.717, 1.165) is 11.3 Å². The largest absolute Gasteiger partial charge is 0.508 e. The van der Waals surface area contributed by atoms with Gasteiger partial charge in [-0.1, -0.05) is 23.7 Å². The van der Waals surface area contributed by atoms with Crippen molar-refractivity contribution in [1.82, 2.24) is 24.6 Å². The second kappa shape index (κ2) is 9.80. The topological polar surface area (TPSA) is 114 Å². The van der Waals surface area contributed by atoms with Crippen molar-refractivity contribution in [3.05, 3.63) is 83.5 Å². The van der Waals surface area contributed by atoms with Gasteiger partial charge in [-0.3, -0.25) is 14.3 Å². The van der Waals surface area contributed by atoms with Crippen LogP contribution in [0.3, 0.4) is 0 Å². The predicted molar refractivity (Wildman–Crippen MR) is 129 cm³/mol. The minimum absolute atomic E-state index is 0.0160. The zero-order valence-electron chi connectivity index (χ0n) is 18.6. The molecule has 0 unspecified atom stereocenters. The zero-order valence-corrected chi connectivity index (χ0v) is 19.3. The lowest BCUT2D eigenvalue weighted by Crippen LogP contribution is -2.45. The van der Waals surface area contributed by atoms with Crippen molar-refractivity contribution in [2.75, 3.05) is 5.32 Å². The summed E-state index contributed by atoms with van der Waals surface area (Å²) in [4.78, 5) is 30.1. The first-order chi connectivity index (χ1) is 16.3. The second-order valence-electron chi connectivity index (χ2n) is 7.80. The molecule has 0 aliphatic carbocycles. The predicted octanol–water partition coefficient (Wildman–Crippen LogP) is 3.16. The number of aromatic hydroxyl groups is 1. The van der Waals surface area contributed by atoms with Crippen molar-refractivity contribution < 1.29 is 14.7 Å². The van der Waals surface area contributed by atoms with Crippen molar-refractivity contribution >= 4 is 29.1 Å². The summed E-state index contributed by atoms with van der Waals surface area (Å²) in [6, 6.07) is 12.4. The molecule has 0 bridgehead atoms. The van der Waals surface area contributed by atoms with E-state index in [1.54, 1.807) is 43.8 Å². The van der Waals surface area contributed by atoms with E-state index >= 15 is 0 Å². The molecule has 4 rings (SSSR count). The van der Waals surface area contributed by atoms with Crippen LogP contribution >= 0.6 is 11.6 Å². The van der Waals surface area contributed by atoms with E-state index in [9.17, 15) is 14.7 Å². The highest BCUT2D eigenvalue weighted by molar-refractivity contribution is 6.31. The Balaban J connectivity index is 1.55. The van der Waals surface area contributed by atoms with Gasteiger partial charge >= 0.3 is 0 Å². The molecule has 0 radical (unpaired) electrons. The van der Waals surface area contributed by atoms with Gasteiger partial charge in [0.2, 0.25) is 5.91 Å². The van der Waals surface area contributed by atoms with Crippen molar-refractivity contribution in [3.63, 3.8) is 0 Å². The maximum Gasteiger partial charge on any atom is 0.270 e. The SMILES string of the molecule is Cn1cncc1-c1ccc(NC(=O)[C@H](Cc2cc(O)ccc2Cl)NC(=O)c2ccnn2C)cc1. The van der Waals surface area contributed by atoms with Crippen LogP contribution in [0.15, 0.2) is 67.3 Å². The Bertz CT molecular complexity index is 1330. The number of aromatic nitrogens is 4. The van der Waals surface area contributed by atoms with Crippen LogP contribution in [-0.2, 0) is 25.3 Å². The average molecular weight is 479 g/mol. The summed E-state index contributed by atoms with van der Waals surface area (Å²) in [5.41, 5.74) is 3.29. The number of hydrogen-bond acceptors (Lipinski definition) is 5. The van der Waals surface area contributed by atoms with Crippen LogP contribution in [0.4, 0.5) is 5.69 Å². The number of halogens is 1. The summed E-state index contributed by atoms with van der Waals surface area (Å²) in [7, 11) is 3.54. The maximum atomic E-state index is 13.2. The first-order valence-electron chi connectivity index (χ1n) is 10.5. The third-order valence-electron chi connectivity index (χ3n) is 5.39. The van der Waals surface area contributed by atoms with E-state index in [0.29, 0.717) is 22.0 Å². The number of amides is 2. The number of anilines is 1. The van der Waals surface area contributed by atoms with E-state index < -0.39 is 17.9 Å². The number of phenols is 1. The van der Waals surface area contributed by atoms with Gasteiger partial charge in [0, 0.05) is 37.4 Å². The lowest BCUT2D eigenvalue weighted by atomic mass is 10.0. The number of phenolic OH excluding ortho intramolecular Hbond substituents is 1. The van der Waals surface area contributed by atoms with E-state index in [4.69, 9.17) is 11.6 Å². The minimum Gasteiger partial charge on any atom is -0.508 e. The van der Waals surface area contributed by atoms with Gasteiger partial charge in [-0.05, 0) is 47.5 Å². The van der Waals surface area contributed by atoms with Gasteiger partial charge in [0.1, 0.15) is 17.5 Å². The third kappa shape index (κ3) is 5.10. The smallest absolute Gasteiger partial charge is 0.270 e. The Labute approximate surface area is 201 Å². The molecule has 0 saturated heterocycles. The number of imidazole rings is 1. The Hall–Kier alpha value is -4.11. The van der Waals surface area contributed by atoms with Gasteiger partial charge in [-0.2, -0.15) is 5.10 Å². The summed E-state index contributed by atoms with van der Waals surface area (Å²) >= 11 is 6.27. The molecule has 2 aromatic heterocycles. The number of hydrogen-bond donors (Lipinski definition) is 3. The highest BCUT2D eigenvalue weighted by Gasteiger charge is 2.24. The maximum absolute atomic E-state index is 13.2. The summed E-state index contributed by atoms with van der Waals surface area (Å²) in [6.07, 6.45) is 5.05. The Morgan fingerprint density at radius 2 is 1.88 bits per heavy atom. The summed E-state index contributed by atoms with van der Waals surface area (Å²) in [5, 5.41) is 19.8. The molecular weight excluding hydrogens is 456 g/mol. The molecule has 4 aromatic rings. The van der Waals surface area contributed by atoms with Gasteiger partial charge in [-0.15, -0.1) is 0 Å². The molecule has 9 nitrogen and oxygen atoms in total. The second-order valence-corrected chi connectivity index (χ2v) is 8.21. The molecule has 0 fully saturated rings.